The smallest absolute Gasteiger partial charge is 0.335 e. The molecule has 4 rings (SSSR count). The number of amides is 3. The molecule has 228 valence electrons. The fourth-order valence-corrected chi connectivity index (χ4v) is 4.92. The second-order valence-electron chi connectivity index (χ2n) is 10.8. The zero-order chi connectivity index (χ0) is 31.1. The number of ether oxygens (including phenoxy) is 2. The normalized spacial score (nSPS) is 17.3. The van der Waals surface area contributed by atoms with E-state index in [1.807, 2.05) is 14.0 Å². The molecule has 1 aliphatic rings. The van der Waals surface area contributed by atoms with Crippen LogP contribution in [-0.4, -0.2) is 83.9 Å². The fraction of sp³-hybridized carbons (Fsp3) is 0.344. The van der Waals surface area contributed by atoms with Crippen molar-refractivity contribution < 1.29 is 34.1 Å². The standard InChI is InChI=1S/C32H38N4O7/c1-20-16-36(21(2)19-37)30(38)27-15-25(34-32(41)33-24-9-12-26(42-4)13-10-24)11-14-28(27)43-29(20)18-35(3)17-22-5-7-23(8-6-22)31(39)40/h5-15,20-21,29,37H,16-19H2,1-4H3,(H,39,40)(H2,33,34,41)/t20-,21+,29+/m1/s1. The van der Waals surface area contributed by atoms with Crippen LogP contribution in [0.5, 0.6) is 11.5 Å². The molecule has 4 N–H and O–H groups in total. The number of benzene rings is 3. The van der Waals surface area contributed by atoms with Crippen molar-refractivity contribution >= 4 is 29.3 Å². The summed E-state index contributed by atoms with van der Waals surface area (Å²) in [7, 11) is 3.52. The minimum absolute atomic E-state index is 0.0731. The van der Waals surface area contributed by atoms with Gasteiger partial charge in [-0.3, -0.25) is 9.69 Å². The summed E-state index contributed by atoms with van der Waals surface area (Å²) in [6.07, 6.45) is -0.305. The summed E-state index contributed by atoms with van der Waals surface area (Å²) in [4.78, 5) is 41.3. The van der Waals surface area contributed by atoms with Crippen LogP contribution in [0.1, 0.15) is 40.1 Å². The van der Waals surface area contributed by atoms with Crippen molar-refractivity contribution in [1.29, 1.82) is 0 Å². The van der Waals surface area contributed by atoms with Crippen LogP contribution in [0.2, 0.25) is 0 Å². The molecule has 0 radical (unpaired) electrons. The number of anilines is 2. The molecule has 3 atom stereocenters. The van der Waals surface area contributed by atoms with Crippen LogP contribution >= 0.6 is 0 Å². The second-order valence-corrected chi connectivity index (χ2v) is 10.8. The average Bonchev–Trinajstić information content (AvgIpc) is 2.99. The van der Waals surface area contributed by atoms with Gasteiger partial charge in [0.2, 0.25) is 0 Å². The summed E-state index contributed by atoms with van der Waals surface area (Å²) >= 11 is 0. The van der Waals surface area contributed by atoms with Crippen LogP contribution in [-0.2, 0) is 6.54 Å². The molecule has 0 saturated heterocycles. The van der Waals surface area contributed by atoms with Gasteiger partial charge >= 0.3 is 12.0 Å². The SMILES string of the molecule is COc1ccc(NC(=O)Nc2ccc3c(c2)C(=O)N([C@@H](C)CO)C[C@@H](C)[C@H](CN(C)Cc2ccc(C(=O)O)cc2)O3)cc1. The summed E-state index contributed by atoms with van der Waals surface area (Å²) in [5.74, 6) is -0.287. The summed E-state index contributed by atoms with van der Waals surface area (Å²) < 4.78 is 11.6. The lowest BCUT2D eigenvalue weighted by Gasteiger charge is -2.38. The number of methoxy groups -OCH3 is 1. The lowest BCUT2D eigenvalue weighted by Crippen LogP contribution is -2.49. The predicted molar refractivity (Wildman–Crippen MR) is 163 cm³/mol. The number of aromatic carboxylic acids is 1. The van der Waals surface area contributed by atoms with E-state index in [0.29, 0.717) is 42.5 Å². The molecular formula is C32H38N4O7. The zero-order valence-electron chi connectivity index (χ0n) is 24.7. The number of carbonyl (C=O) groups excluding carboxylic acids is 2. The zero-order valence-corrected chi connectivity index (χ0v) is 24.7. The highest BCUT2D eigenvalue weighted by atomic mass is 16.5. The lowest BCUT2D eigenvalue weighted by molar-refractivity contribution is 0.0341. The number of rotatable bonds is 10. The van der Waals surface area contributed by atoms with Crippen molar-refractivity contribution in [1.82, 2.24) is 9.80 Å². The van der Waals surface area contributed by atoms with Gasteiger partial charge in [0, 0.05) is 36.9 Å². The van der Waals surface area contributed by atoms with Crippen LogP contribution in [0.15, 0.2) is 66.7 Å². The molecular weight excluding hydrogens is 552 g/mol. The second kappa shape index (κ2) is 14.0. The molecule has 0 fully saturated rings. The number of urea groups is 1. The summed E-state index contributed by atoms with van der Waals surface area (Å²) in [5, 5.41) is 24.6. The number of fused-ring (bicyclic) bond motifs is 1. The fourth-order valence-electron chi connectivity index (χ4n) is 4.92. The quantitative estimate of drug-likeness (QED) is 0.273. The van der Waals surface area contributed by atoms with E-state index in [1.165, 1.54) is 0 Å². The van der Waals surface area contributed by atoms with Crippen LogP contribution < -0.4 is 20.1 Å². The Labute approximate surface area is 251 Å². The van der Waals surface area contributed by atoms with E-state index in [-0.39, 0.29) is 35.7 Å². The minimum Gasteiger partial charge on any atom is -0.497 e. The Balaban J connectivity index is 1.53. The predicted octanol–water partition coefficient (Wildman–Crippen LogP) is 4.39. The van der Waals surface area contributed by atoms with Gasteiger partial charge in [0.1, 0.15) is 17.6 Å². The Hall–Kier alpha value is -4.61. The van der Waals surface area contributed by atoms with Gasteiger partial charge in [0.25, 0.3) is 5.91 Å². The molecule has 3 aromatic rings. The van der Waals surface area contributed by atoms with Gasteiger partial charge in [-0.1, -0.05) is 19.1 Å². The number of carboxylic acid groups (broad SMARTS) is 1. The van der Waals surface area contributed by atoms with E-state index < -0.39 is 18.0 Å². The van der Waals surface area contributed by atoms with Crippen molar-refractivity contribution in [3.05, 3.63) is 83.4 Å². The maximum absolute atomic E-state index is 13.7. The van der Waals surface area contributed by atoms with Crippen molar-refractivity contribution in [3.8, 4) is 11.5 Å². The number of carbonyl (C=O) groups is 3. The third-order valence-electron chi connectivity index (χ3n) is 7.42. The van der Waals surface area contributed by atoms with Gasteiger partial charge < -0.3 is 35.2 Å². The number of hydrogen-bond acceptors (Lipinski definition) is 7. The molecule has 0 spiro atoms. The number of aliphatic hydroxyl groups excluding tert-OH is 1. The average molecular weight is 591 g/mol. The van der Waals surface area contributed by atoms with E-state index >= 15 is 0 Å². The van der Waals surface area contributed by atoms with Gasteiger partial charge in [-0.05, 0) is 74.1 Å². The third-order valence-corrected chi connectivity index (χ3v) is 7.42. The van der Waals surface area contributed by atoms with Crippen molar-refractivity contribution in [2.24, 2.45) is 5.92 Å². The van der Waals surface area contributed by atoms with E-state index in [9.17, 15) is 19.5 Å². The molecule has 1 heterocycles. The summed E-state index contributed by atoms with van der Waals surface area (Å²) in [5.41, 5.74) is 2.46. The molecule has 11 heteroatoms. The molecule has 0 saturated carbocycles. The molecule has 3 aromatic carbocycles. The Morgan fingerprint density at radius 2 is 1.72 bits per heavy atom. The Kier molecular flexibility index (Phi) is 10.2. The van der Waals surface area contributed by atoms with Gasteiger partial charge in [-0.15, -0.1) is 0 Å². The number of hydrogen-bond donors (Lipinski definition) is 4. The Morgan fingerprint density at radius 3 is 2.35 bits per heavy atom. The van der Waals surface area contributed by atoms with Crippen LogP contribution in [0, 0.1) is 5.92 Å². The molecule has 1 aliphatic heterocycles. The maximum atomic E-state index is 13.7. The number of nitrogens with zero attached hydrogens (tertiary/aromatic N) is 2. The topological polar surface area (TPSA) is 141 Å². The number of nitrogens with one attached hydrogen (secondary N) is 2. The largest absolute Gasteiger partial charge is 0.497 e. The number of aliphatic hydroxyl groups is 1. The molecule has 43 heavy (non-hydrogen) atoms. The van der Waals surface area contributed by atoms with E-state index in [0.717, 1.165) is 5.56 Å². The Bertz CT molecular complexity index is 1430. The lowest BCUT2D eigenvalue weighted by atomic mass is 9.99. The van der Waals surface area contributed by atoms with Crippen molar-refractivity contribution in [2.75, 3.05) is 44.5 Å². The monoisotopic (exact) mass is 590 g/mol. The van der Waals surface area contributed by atoms with Gasteiger partial charge in [-0.25, -0.2) is 9.59 Å². The van der Waals surface area contributed by atoms with E-state index in [4.69, 9.17) is 14.6 Å². The highest BCUT2D eigenvalue weighted by Crippen LogP contribution is 2.31. The van der Waals surface area contributed by atoms with Crippen LogP contribution in [0.3, 0.4) is 0 Å². The van der Waals surface area contributed by atoms with Crippen molar-refractivity contribution in [3.63, 3.8) is 0 Å². The Morgan fingerprint density at radius 1 is 1.07 bits per heavy atom. The molecule has 0 bridgehead atoms. The maximum Gasteiger partial charge on any atom is 0.335 e. The molecule has 3 amide bonds. The summed E-state index contributed by atoms with van der Waals surface area (Å²) in [6, 6.07) is 17.7. The van der Waals surface area contributed by atoms with Gasteiger partial charge in [0.15, 0.2) is 0 Å². The first-order valence-corrected chi connectivity index (χ1v) is 14.0. The highest BCUT2D eigenvalue weighted by Gasteiger charge is 2.33. The first-order chi connectivity index (χ1) is 20.6. The van der Waals surface area contributed by atoms with Crippen molar-refractivity contribution in [2.45, 2.75) is 32.5 Å². The van der Waals surface area contributed by atoms with E-state index in [1.54, 1.807) is 85.7 Å². The first-order valence-electron chi connectivity index (χ1n) is 14.0. The highest BCUT2D eigenvalue weighted by molar-refractivity contribution is 6.02. The van der Waals surface area contributed by atoms with Gasteiger partial charge in [0.05, 0.1) is 30.9 Å². The molecule has 11 nitrogen and oxygen atoms in total. The van der Waals surface area contributed by atoms with Crippen LogP contribution in [0.25, 0.3) is 0 Å². The molecule has 0 aliphatic carbocycles. The number of carboxylic acids is 1. The van der Waals surface area contributed by atoms with E-state index in [2.05, 4.69) is 15.5 Å². The van der Waals surface area contributed by atoms with Gasteiger partial charge in [-0.2, -0.15) is 0 Å². The summed E-state index contributed by atoms with van der Waals surface area (Å²) in [6.45, 7) is 5.06. The minimum atomic E-state index is -0.970. The first kappa shape index (κ1) is 31.3. The van der Waals surface area contributed by atoms with Crippen LogP contribution in [0.4, 0.5) is 16.2 Å². The molecule has 0 unspecified atom stereocenters. The number of likely N-dealkylation sites (N-methyl/N-ethyl adjacent to an activating group) is 1. The third kappa shape index (κ3) is 8.02. The molecule has 0 aromatic heterocycles.